The third-order valence-electron chi connectivity index (χ3n) is 2.27. The van der Waals surface area contributed by atoms with E-state index in [9.17, 15) is 9.18 Å². The lowest BCUT2D eigenvalue weighted by Gasteiger charge is -2.05. The van der Waals surface area contributed by atoms with Crippen molar-refractivity contribution < 1.29 is 14.3 Å². The summed E-state index contributed by atoms with van der Waals surface area (Å²) in [5.41, 5.74) is 0.0224. The third-order valence-corrected chi connectivity index (χ3v) is 2.27. The SMILES string of the molecule is CCc1nnnn1-c1ccc(C(=O)O)cc1F. The molecule has 0 saturated carbocycles. The Morgan fingerprint density at radius 2 is 2.29 bits per heavy atom. The first kappa shape index (κ1) is 11.2. The molecule has 7 heteroatoms. The number of aryl methyl sites for hydroxylation is 1. The van der Waals surface area contributed by atoms with Gasteiger partial charge < -0.3 is 5.11 Å². The minimum absolute atomic E-state index is 0.114. The normalized spacial score (nSPS) is 10.5. The van der Waals surface area contributed by atoms with Gasteiger partial charge in [-0.2, -0.15) is 4.68 Å². The lowest BCUT2D eigenvalue weighted by atomic mass is 10.2. The Kier molecular flexibility index (Phi) is 2.82. The molecule has 1 N–H and O–H groups in total. The summed E-state index contributed by atoms with van der Waals surface area (Å²) in [6.45, 7) is 1.84. The quantitative estimate of drug-likeness (QED) is 0.861. The molecule has 0 radical (unpaired) electrons. The Morgan fingerprint density at radius 1 is 1.53 bits per heavy atom. The summed E-state index contributed by atoms with van der Waals surface area (Å²) in [4.78, 5) is 10.7. The van der Waals surface area contributed by atoms with Gasteiger partial charge in [-0.05, 0) is 28.6 Å². The number of halogens is 1. The summed E-state index contributed by atoms with van der Waals surface area (Å²) in [5, 5.41) is 19.6. The molecule has 0 fully saturated rings. The van der Waals surface area contributed by atoms with Gasteiger partial charge in [-0.1, -0.05) is 6.92 Å². The van der Waals surface area contributed by atoms with Gasteiger partial charge in [0.25, 0.3) is 0 Å². The van der Waals surface area contributed by atoms with E-state index in [-0.39, 0.29) is 11.3 Å². The summed E-state index contributed by atoms with van der Waals surface area (Å²) >= 11 is 0. The Hall–Kier alpha value is -2.31. The zero-order chi connectivity index (χ0) is 12.4. The molecule has 0 aliphatic carbocycles. The molecular formula is C10H9FN4O2. The standard InChI is InChI=1S/C10H9FN4O2/c1-2-9-12-13-14-15(9)8-4-3-6(10(16)17)5-7(8)11/h3-5H,2H2,1H3,(H,16,17). The molecule has 0 spiro atoms. The van der Waals surface area contributed by atoms with E-state index in [0.29, 0.717) is 12.2 Å². The van der Waals surface area contributed by atoms with E-state index in [1.54, 1.807) is 0 Å². The zero-order valence-corrected chi connectivity index (χ0v) is 8.96. The second-order valence-electron chi connectivity index (χ2n) is 3.33. The van der Waals surface area contributed by atoms with Crippen LogP contribution >= 0.6 is 0 Å². The molecule has 0 amide bonds. The number of nitrogens with zero attached hydrogens (tertiary/aromatic N) is 4. The van der Waals surface area contributed by atoms with E-state index in [4.69, 9.17) is 5.11 Å². The van der Waals surface area contributed by atoms with Crippen LogP contribution in [-0.2, 0) is 6.42 Å². The summed E-state index contributed by atoms with van der Waals surface area (Å²) in [6.07, 6.45) is 0.549. The van der Waals surface area contributed by atoms with Gasteiger partial charge >= 0.3 is 5.97 Å². The lowest BCUT2D eigenvalue weighted by molar-refractivity contribution is 0.0696. The van der Waals surface area contributed by atoms with Crippen molar-refractivity contribution in [1.29, 1.82) is 0 Å². The van der Waals surface area contributed by atoms with E-state index in [1.165, 1.54) is 16.8 Å². The Morgan fingerprint density at radius 3 is 2.88 bits per heavy atom. The van der Waals surface area contributed by atoms with Crippen molar-refractivity contribution in [1.82, 2.24) is 20.2 Å². The van der Waals surface area contributed by atoms with E-state index in [0.717, 1.165) is 6.07 Å². The maximum atomic E-state index is 13.7. The average Bonchev–Trinajstić information content (AvgIpc) is 2.76. The molecule has 2 rings (SSSR count). The smallest absolute Gasteiger partial charge is 0.335 e. The number of carboxylic acids is 1. The van der Waals surface area contributed by atoms with E-state index >= 15 is 0 Å². The van der Waals surface area contributed by atoms with Crippen LogP contribution in [0.25, 0.3) is 5.69 Å². The highest BCUT2D eigenvalue weighted by molar-refractivity contribution is 5.87. The maximum absolute atomic E-state index is 13.7. The van der Waals surface area contributed by atoms with Gasteiger partial charge in [0.05, 0.1) is 5.56 Å². The number of carbonyl (C=O) groups is 1. The molecule has 0 saturated heterocycles. The second kappa shape index (κ2) is 4.28. The highest BCUT2D eigenvalue weighted by Gasteiger charge is 2.13. The first-order valence-electron chi connectivity index (χ1n) is 4.94. The fourth-order valence-corrected chi connectivity index (χ4v) is 1.43. The fourth-order valence-electron chi connectivity index (χ4n) is 1.43. The van der Waals surface area contributed by atoms with Crippen molar-refractivity contribution in [2.75, 3.05) is 0 Å². The minimum Gasteiger partial charge on any atom is -0.478 e. The predicted octanol–water partition coefficient (Wildman–Crippen LogP) is 1.06. The van der Waals surface area contributed by atoms with Crippen LogP contribution < -0.4 is 0 Å². The fraction of sp³-hybridized carbons (Fsp3) is 0.200. The molecule has 0 aliphatic rings. The minimum atomic E-state index is -1.18. The highest BCUT2D eigenvalue weighted by Crippen LogP contribution is 2.15. The number of hydrogen-bond donors (Lipinski definition) is 1. The molecule has 1 aromatic carbocycles. The monoisotopic (exact) mass is 236 g/mol. The van der Waals surface area contributed by atoms with Crippen LogP contribution in [0.15, 0.2) is 18.2 Å². The molecule has 1 aromatic heterocycles. The predicted molar refractivity (Wildman–Crippen MR) is 55.4 cm³/mol. The number of hydrogen-bond acceptors (Lipinski definition) is 4. The molecular weight excluding hydrogens is 227 g/mol. The molecule has 0 bridgehead atoms. The van der Waals surface area contributed by atoms with Crippen LogP contribution in [0.1, 0.15) is 23.1 Å². The second-order valence-corrected chi connectivity index (χ2v) is 3.33. The van der Waals surface area contributed by atoms with E-state index in [2.05, 4.69) is 15.5 Å². The molecule has 0 aliphatic heterocycles. The largest absolute Gasteiger partial charge is 0.478 e. The van der Waals surface area contributed by atoms with Crippen molar-refractivity contribution >= 4 is 5.97 Å². The molecule has 6 nitrogen and oxygen atoms in total. The summed E-state index contributed by atoms with van der Waals surface area (Å²) in [5.74, 6) is -1.35. The van der Waals surface area contributed by atoms with Gasteiger partial charge in [-0.25, -0.2) is 9.18 Å². The van der Waals surface area contributed by atoms with E-state index < -0.39 is 11.8 Å². The molecule has 0 atom stereocenters. The molecule has 17 heavy (non-hydrogen) atoms. The van der Waals surface area contributed by atoms with Crippen molar-refractivity contribution in [3.63, 3.8) is 0 Å². The van der Waals surface area contributed by atoms with Crippen molar-refractivity contribution in [2.45, 2.75) is 13.3 Å². The van der Waals surface area contributed by atoms with Crippen molar-refractivity contribution in [3.05, 3.63) is 35.4 Å². The molecule has 2 aromatic rings. The van der Waals surface area contributed by atoms with Gasteiger partial charge in [0.15, 0.2) is 5.82 Å². The molecule has 88 valence electrons. The Bertz CT molecular complexity index is 567. The maximum Gasteiger partial charge on any atom is 0.335 e. The van der Waals surface area contributed by atoms with E-state index in [1.807, 2.05) is 6.92 Å². The number of aromatic nitrogens is 4. The first-order valence-corrected chi connectivity index (χ1v) is 4.94. The summed E-state index contributed by atoms with van der Waals surface area (Å²) < 4.78 is 15.0. The van der Waals surface area contributed by atoms with Crippen LogP contribution in [0.4, 0.5) is 4.39 Å². The van der Waals surface area contributed by atoms with Gasteiger partial charge in [0, 0.05) is 6.42 Å². The first-order chi connectivity index (χ1) is 8.13. The Labute approximate surface area is 95.7 Å². The lowest BCUT2D eigenvalue weighted by Crippen LogP contribution is -2.06. The van der Waals surface area contributed by atoms with Crippen molar-refractivity contribution in [2.24, 2.45) is 0 Å². The van der Waals surface area contributed by atoms with Crippen LogP contribution in [0.3, 0.4) is 0 Å². The number of rotatable bonds is 3. The van der Waals surface area contributed by atoms with Crippen LogP contribution in [0.2, 0.25) is 0 Å². The number of benzene rings is 1. The number of aromatic carboxylic acids is 1. The summed E-state index contributed by atoms with van der Waals surface area (Å²) in [6, 6.07) is 3.59. The topological polar surface area (TPSA) is 80.9 Å². The molecule has 1 heterocycles. The molecule has 0 unspecified atom stereocenters. The third kappa shape index (κ3) is 1.99. The Balaban J connectivity index is 2.50. The van der Waals surface area contributed by atoms with Crippen molar-refractivity contribution in [3.8, 4) is 5.69 Å². The van der Waals surface area contributed by atoms with Crippen LogP contribution in [0.5, 0.6) is 0 Å². The van der Waals surface area contributed by atoms with Gasteiger partial charge in [-0.3, -0.25) is 0 Å². The number of tetrazole rings is 1. The zero-order valence-electron chi connectivity index (χ0n) is 8.96. The van der Waals surface area contributed by atoms with Gasteiger partial charge in [-0.15, -0.1) is 5.10 Å². The average molecular weight is 236 g/mol. The summed E-state index contributed by atoms with van der Waals surface area (Å²) in [7, 11) is 0. The van der Waals surface area contributed by atoms with Crippen LogP contribution in [0, 0.1) is 5.82 Å². The van der Waals surface area contributed by atoms with Gasteiger partial charge in [0.2, 0.25) is 0 Å². The number of carboxylic acid groups (broad SMARTS) is 1. The highest BCUT2D eigenvalue weighted by atomic mass is 19.1. The van der Waals surface area contributed by atoms with Gasteiger partial charge in [0.1, 0.15) is 11.5 Å². The van der Waals surface area contributed by atoms with Crippen LogP contribution in [-0.4, -0.2) is 31.3 Å².